The van der Waals surface area contributed by atoms with E-state index >= 15 is 0 Å². The molecular formula is C20H18FN7O2. The maximum absolute atomic E-state index is 14.4. The molecule has 1 aliphatic heterocycles. The number of likely N-dealkylation sites (tertiary alicyclic amines) is 1. The fraction of sp³-hybridized carbons (Fsp3) is 0.250. The highest BCUT2D eigenvalue weighted by Gasteiger charge is 2.30. The molecule has 0 aliphatic carbocycles. The van der Waals surface area contributed by atoms with Gasteiger partial charge in [0.15, 0.2) is 0 Å². The van der Waals surface area contributed by atoms with E-state index in [4.69, 9.17) is 0 Å². The molecule has 5 rings (SSSR count). The molecule has 1 atom stereocenters. The number of benzene rings is 1. The molecule has 10 heteroatoms. The van der Waals surface area contributed by atoms with E-state index in [9.17, 15) is 14.0 Å². The molecular weight excluding hydrogens is 389 g/mol. The molecule has 3 N–H and O–H groups in total. The molecule has 1 aromatic carbocycles. The van der Waals surface area contributed by atoms with E-state index in [1.54, 1.807) is 23.4 Å². The molecule has 4 aromatic rings. The van der Waals surface area contributed by atoms with Gasteiger partial charge in [0.25, 0.3) is 11.8 Å². The average Bonchev–Trinajstić information content (AvgIpc) is 3.50. The third-order valence-corrected chi connectivity index (χ3v) is 5.48. The Hall–Kier alpha value is -3.82. The Balaban J connectivity index is 1.25. The number of halogens is 1. The lowest BCUT2D eigenvalue weighted by Gasteiger charge is -2.17. The predicted octanol–water partition coefficient (Wildman–Crippen LogP) is 1.87. The van der Waals surface area contributed by atoms with Gasteiger partial charge in [0.2, 0.25) is 0 Å². The lowest BCUT2D eigenvalue weighted by atomic mass is 10.1. The van der Waals surface area contributed by atoms with Crippen molar-refractivity contribution < 1.29 is 14.0 Å². The van der Waals surface area contributed by atoms with Crippen LogP contribution in [0, 0.1) is 11.7 Å². The topological polar surface area (TPSA) is 120 Å². The maximum atomic E-state index is 14.4. The Labute approximate surface area is 169 Å². The third kappa shape index (κ3) is 3.06. The number of H-pyrrole nitrogens is 2. The Kier molecular flexibility index (Phi) is 4.38. The number of rotatable bonds is 4. The van der Waals surface area contributed by atoms with E-state index in [0.29, 0.717) is 47.3 Å². The Morgan fingerprint density at radius 3 is 3.07 bits per heavy atom. The van der Waals surface area contributed by atoms with Crippen LogP contribution >= 0.6 is 0 Å². The van der Waals surface area contributed by atoms with Gasteiger partial charge in [-0.15, -0.1) is 0 Å². The lowest BCUT2D eigenvalue weighted by Crippen LogP contribution is -2.33. The van der Waals surface area contributed by atoms with Crippen LogP contribution in [0.4, 0.5) is 4.39 Å². The minimum atomic E-state index is -0.585. The van der Waals surface area contributed by atoms with Gasteiger partial charge in [0, 0.05) is 37.4 Å². The summed E-state index contributed by atoms with van der Waals surface area (Å²) in [5.74, 6) is -1.11. The van der Waals surface area contributed by atoms with Crippen LogP contribution in [0.5, 0.6) is 0 Å². The van der Waals surface area contributed by atoms with Crippen LogP contribution in [0.25, 0.3) is 22.1 Å². The summed E-state index contributed by atoms with van der Waals surface area (Å²) in [4.78, 5) is 45.0. The molecule has 1 saturated heterocycles. The van der Waals surface area contributed by atoms with Gasteiger partial charge in [-0.3, -0.25) is 9.59 Å². The fourth-order valence-corrected chi connectivity index (χ4v) is 3.91. The number of amides is 2. The van der Waals surface area contributed by atoms with Gasteiger partial charge in [-0.2, -0.15) is 0 Å². The molecule has 0 unspecified atom stereocenters. The quantitative estimate of drug-likeness (QED) is 0.477. The molecule has 1 aliphatic rings. The van der Waals surface area contributed by atoms with Crippen LogP contribution in [-0.4, -0.2) is 61.3 Å². The molecule has 3 aromatic heterocycles. The van der Waals surface area contributed by atoms with Crippen LogP contribution < -0.4 is 5.32 Å². The summed E-state index contributed by atoms with van der Waals surface area (Å²) in [7, 11) is 0. The summed E-state index contributed by atoms with van der Waals surface area (Å²) in [6, 6.07) is 2.83. The fourth-order valence-electron chi connectivity index (χ4n) is 3.91. The first-order valence-corrected chi connectivity index (χ1v) is 9.58. The Bertz CT molecular complexity index is 1260. The molecule has 0 spiro atoms. The molecule has 0 bridgehead atoms. The number of imidazole rings is 1. The van der Waals surface area contributed by atoms with Gasteiger partial charge >= 0.3 is 0 Å². The number of carbonyl (C=O) groups excluding carboxylic acids is 2. The van der Waals surface area contributed by atoms with Crippen LogP contribution in [0.3, 0.4) is 0 Å². The van der Waals surface area contributed by atoms with Crippen molar-refractivity contribution >= 4 is 33.9 Å². The van der Waals surface area contributed by atoms with Gasteiger partial charge in [0.1, 0.15) is 28.9 Å². The highest BCUT2D eigenvalue weighted by Crippen LogP contribution is 2.24. The second-order valence-corrected chi connectivity index (χ2v) is 7.32. The number of carbonyl (C=O) groups is 2. The normalized spacial score (nSPS) is 16.4. The highest BCUT2D eigenvalue weighted by molar-refractivity contribution is 6.06. The van der Waals surface area contributed by atoms with Crippen molar-refractivity contribution in [3.8, 4) is 0 Å². The lowest BCUT2D eigenvalue weighted by molar-refractivity contribution is 0.0784. The number of nitrogens with zero attached hydrogens (tertiary/aromatic N) is 4. The first-order valence-electron chi connectivity index (χ1n) is 9.58. The standard InChI is InChI=1S/C20H18FN7O2/c21-14-1-2-15-17(26-10-25-15)16(14)20(30)28-4-3-11(8-28)5-24-19(29)13-7-23-18-12(13)6-22-9-27-18/h1-2,6-7,9-11H,3-5,8H2,(H,24,29)(H,25,26)(H,22,23,27)/t11-/m0/s1. The van der Waals surface area contributed by atoms with Crippen LogP contribution in [0.1, 0.15) is 27.1 Å². The average molecular weight is 407 g/mol. The van der Waals surface area contributed by atoms with Crippen molar-refractivity contribution in [3.63, 3.8) is 0 Å². The largest absolute Gasteiger partial charge is 0.352 e. The smallest absolute Gasteiger partial charge is 0.259 e. The first kappa shape index (κ1) is 18.2. The van der Waals surface area contributed by atoms with Crippen LogP contribution in [0.2, 0.25) is 0 Å². The number of nitrogens with one attached hydrogen (secondary N) is 3. The summed E-state index contributed by atoms with van der Waals surface area (Å²) in [5, 5.41) is 3.56. The van der Waals surface area contributed by atoms with Crippen molar-refractivity contribution in [2.45, 2.75) is 6.42 Å². The molecule has 0 saturated carbocycles. The number of aromatic nitrogens is 5. The zero-order valence-electron chi connectivity index (χ0n) is 15.9. The zero-order chi connectivity index (χ0) is 20.7. The summed E-state index contributed by atoms with van der Waals surface area (Å²) < 4.78 is 14.4. The highest BCUT2D eigenvalue weighted by atomic mass is 19.1. The minimum Gasteiger partial charge on any atom is -0.352 e. The number of aromatic amines is 2. The predicted molar refractivity (Wildman–Crippen MR) is 106 cm³/mol. The molecule has 0 radical (unpaired) electrons. The maximum Gasteiger partial charge on any atom is 0.259 e. The summed E-state index contributed by atoms with van der Waals surface area (Å²) >= 11 is 0. The Morgan fingerprint density at radius 2 is 2.17 bits per heavy atom. The van der Waals surface area contributed by atoms with E-state index in [0.717, 1.165) is 6.42 Å². The van der Waals surface area contributed by atoms with Gasteiger partial charge in [-0.25, -0.2) is 19.3 Å². The number of fused-ring (bicyclic) bond motifs is 2. The van der Waals surface area contributed by atoms with Crippen molar-refractivity contribution in [1.82, 2.24) is 35.1 Å². The van der Waals surface area contributed by atoms with Crippen LogP contribution in [0.15, 0.2) is 37.2 Å². The zero-order valence-corrected chi connectivity index (χ0v) is 15.9. The number of hydrogen-bond donors (Lipinski definition) is 3. The van der Waals surface area contributed by atoms with Crippen molar-refractivity contribution in [3.05, 3.63) is 54.1 Å². The van der Waals surface area contributed by atoms with E-state index < -0.39 is 5.82 Å². The van der Waals surface area contributed by atoms with Crippen molar-refractivity contribution in [2.75, 3.05) is 19.6 Å². The van der Waals surface area contributed by atoms with Gasteiger partial charge in [-0.1, -0.05) is 0 Å². The molecule has 30 heavy (non-hydrogen) atoms. The molecule has 4 heterocycles. The third-order valence-electron chi connectivity index (χ3n) is 5.48. The van der Waals surface area contributed by atoms with Gasteiger partial charge in [0.05, 0.1) is 17.4 Å². The molecule has 2 amide bonds. The van der Waals surface area contributed by atoms with E-state index in [2.05, 4.69) is 30.2 Å². The number of hydrogen-bond acceptors (Lipinski definition) is 5. The van der Waals surface area contributed by atoms with E-state index in [1.165, 1.54) is 18.7 Å². The first-order chi connectivity index (χ1) is 14.6. The summed E-state index contributed by atoms with van der Waals surface area (Å²) in [6.45, 7) is 1.36. The minimum absolute atomic E-state index is 0.0165. The van der Waals surface area contributed by atoms with Crippen molar-refractivity contribution in [2.24, 2.45) is 5.92 Å². The summed E-state index contributed by atoms with van der Waals surface area (Å²) in [5.41, 5.74) is 2.01. The second-order valence-electron chi connectivity index (χ2n) is 7.32. The summed E-state index contributed by atoms with van der Waals surface area (Å²) in [6.07, 6.45) is 6.78. The van der Waals surface area contributed by atoms with E-state index in [-0.39, 0.29) is 23.3 Å². The molecule has 1 fully saturated rings. The van der Waals surface area contributed by atoms with Gasteiger partial charge < -0.3 is 20.2 Å². The van der Waals surface area contributed by atoms with Crippen molar-refractivity contribution in [1.29, 1.82) is 0 Å². The van der Waals surface area contributed by atoms with Gasteiger partial charge in [-0.05, 0) is 24.5 Å². The Morgan fingerprint density at radius 1 is 1.27 bits per heavy atom. The molecule has 152 valence electrons. The SMILES string of the molecule is O=C(NC[C@@H]1CCN(C(=O)c2c(F)ccc3[nH]cnc23)C1)c1c[nH]c2ncncc12. The van der Waals surface area contributed by atoms with E-state index in [1.807, 2.05) is 0 Å². The second kappa shape index (κ2) is 7.21. The molecule has 9 nitrogen and oxygen atoms in total. The van der Waals surface area contributed by atoms with Crippen LogP contribution in [-0.2, 0) is 0 Å². The monoisotopic (exact) mass is 407 g/mol.